The lowest BCUT2D eigenvalue weighted by Gasteiger charge is -2.24. The summed E-state index contributed by atoms with van der Waals surface area (Å²) < 4.78 is 0. The molecule has 0 aliphatic heterocycles. The van der Waals surface area contributed by atoms with Crippen LogP contribution in [0, 0.1) is 0 Å². The number of hydrogen-bond donors (Lipinski definition) is 2. The van der Waals surface area contributed by atoms with Gasteiger partial charge >= 0.3 is 0 Å². The number of nitrogens with zero attached hydrogens (tertiary/aromatic N) is 1. The number of carbonyl (C=O) groups is 2. The predicted octanol–water partition coefficient (Wildman–Crippen LogP) is -0.258. The molecular formula is C10H20N2O3. The van der Waals surface area contributed by atoms with Crippen LogP contribution in [0.4, 0.5) is 0 Å². The maximum absolute atomic E-state index is 11.7. The molecule has 0 saturated heterocycles. The van der Waals surface area contributed by atoms with Crippen LogP contribution >= 0.6 is 0 Å². The first-order valence-electron chi connectivity index (χ1n) is 5.19. The Balaban J connectivity index is 4.17. The van der Waals surface area contributed by atoms with Crippen molar-refractivity contribution in [1.82, 2.24) is 10.2 Å². The van der Waals surface area contributed by atoms with Crippen molar-refractivity contribution in [1.29, 1.82) is 0 Å². The minimum absolute atomic E-state index is 0.0678. The Morgan fingerprint density at radius 2 is 2.07 bits per heavy atom. The van der Waals surface area contributed by atoms with Gasteiger partial charge in [0.05, 0.1) is 0 Å². The summed E-state index contributed by atoms with van der Waals surface area (Å²) in [6.45, 7) is 6.09. The fourth-order valence-electron chi connectivity index (χ4n) is 1.33. The van der Waals surface area contributed by atoms with Gasteiger partial charge in [-0.3, -0.25) is 9.59 Å². The monoisotopic (exact) mass is 216 g/mol. The first-order chi connectivity index (χ1) is 7.02. The van der Waals surface area contributed by atoms with Gasteiger partial charge in [-0.15, -0.1) is 0 Å². The van der Waals surface area contributed by atoms with Crippen LogP contribution < -0.4 is 5.32 Å². The van der Waals surface area contributed by atoms with Crippen molar-refractivity contribution in [3.8, 4) is 0 Å². The fraction of sp³-hybridized carbons (Fsp3) is 0.800. The highest BCUT2D eigenvalue weighted by Gasteiger charge is 2.19. The molecule has 2 N–H and O–H groups in total. The standard InChI is InChI=1S/C10H20N2O3/c1-4-12(6-5-7-13)10(15)8(2)11-9(3)14/h8,13H,4-7H2,1-3H3,(H,11,14). The number of likely N-dealkylation sites (N-methyl/N-ethyl adjacent to an activating group) is 1. The maximum atomic E-state index is 11.7. The van der Waals surface area contributed by atoms with Crippen LogP contribution in [0.1, 0.15) is 27.2 Å². The highest BCUT2D eigenvalue weighted by molar-refractivity contribution is 5.86. The second-order valence-electron chi connectivity index (χ2n) is 3.42. The van der Waals surface area contributed by atoms with E-state index in [1.54, 1.807) is 11.8 Å². The van der Waals surface area contributed by atoms with E-state index in [4.69, 9.17) is 5.11 Å². The number of carbonyl (C=O) groups excluding carboxylic acids is 2. The molecule has 0 aliphatic carbocycles. The lowest BCUT2D eigenvalue weighted by atomic mass is 10.2. The molecular weight excluding hydrogens is 196 g/mol. The number of amides is 2. The zero-order chi connectivity index (χ0) is 11.8. The number of aliphatic hydroxyl groups is 1. The van der Waals surface area contributed by atoms with E-state index in [2.05, 4.69) is 5.32 Å². The summed E-state index contributed by atoms with van der Waals surface area (Å²) in [4.78, 5) is 24.1. The topological polar surface area (TPSA) is 69.6 Å². The lowest BCUT2D eigenvalue weighted by molar-refractivity contribution is -0.135. The number of nitrogens with one attached hydrogen (secondary N) is 1. The quantitative estimate of drug-likeness (QED) is 0.643. The molecule has 88 valence electrons. The first kappa shape index (κ1) is 13.9. The molecule has 2 amide bonds. The Hall–Kier alpha value is -1.10. The van der Waals surface area contributed by atoms with Gasteiger partial charge in [0, 0.05) is 26.6 Å². The Labute approximate surface area is 90.5 Å². The second-order valence-corrected chi connectivity index (χ2v) is 3.42. The molecule has 1 atom stereocenters. The van der Waals surface area contributed by atoms with E-state index in [0.717, 1.165) is 0 Å². The molecule has 0 radical (unpaired) electrons. The van der Waals surface area contributed by atoms with Crippen LogP contribution in [0.5, 0.6) is 0 Å². The molecule has 0 aliphatic rings. The minimum atomic E-state index is -0.499. The van der Waals surface area contributed by atoms with E-state index in [1.165, 1.54) is 6.92 Å². The molecule has 5 nitrogen and oxygen atoms in total. The average Bonchev–Trinajstić information content (AvgIpc) is 2.17. The Kier molecular flexibility index (Phi) is 6.70. The molecule has 0 spiro atoms. The summed E-state index contributed by atoms with van der Waals surface area (Å²) in [5, 5.41) is 11.2. The zero-order valence-electron chi connectivity index (χ0n) is 9.62. The Bertz CT molecular complexity index is 219. The van der Waals surface area contributed by atoms with Gasteiger partial charge in [-0.1, -0.05) is 0 Å². The van der Waals surface area contributed by atoms with E-state index in [1.807, 2.05) is 6.92 Å². The zero-order valence-corrected chi connectivity index (χ0v) is 9.62. The van der Waals surface area contributed by atoms with Crippen molar-refractivity contribution >= 4 is 11.8 Å². The van der Waals surface area contributed by atoms with E-state index in [9.17, 15) is 9.59 Å². The maximum Gasteiger partial charge on any atom is 0.244 e. The molecule has 0 bridgehead atoms. The third-order valence-corrected chi connectivity index (χ3v) is 2.07. The Morgan fingerprint density at radius 3 is 2.47 bits per heavy atom. The molecule has 0 aromatic rings. The normalized spacial score (nSPS) is 12.0. The largest absolute Gasteiger partial charge is 0.396 e. The summed E-state index contributed by atoms with van der Waals surface area (Å²) in [5.41, 5.74) is 0. The summed E-state index contributed by atoms with van der Waals surface area (Å²) in [6.07, 6.45) is 0.562. The van der Waals surface area contributed by atoms with Gasteiger partial charge in [-0.05, 0) is 20.3 Å². The van der Waals surface area contributed by atoms with Gasteiger partial charge in [0.25, 0.3) is 0 Å². The van der Waals surface area contributed by atoms with Crippen molar-refractivity contribution in [3.05, 3.63) is 0 Å². The first-order valence-corrected chi connectivity index (χ1v) is 5.19. The van der Waals surface area contributed by atoms with Crippen molar-refractivity contribution in [2.45, 2.75) is 33.2 Å². The second kappa shape index (κ2) is 7.23. The van der Waals surface area contributed by atoms with Crippen LogP contribution in [-0.2, 0) is 9.59 Å². The van der Waals surface area contributed by atoms with E-state index in [0.29, 0.717) is 19.5 Å². The molecule has 15 heavy (non-hydrogen) atoms. The molecule has 0 fully saturated rings. The van der Waals surface area contributed by atoms with Crippen molar-refractivity contribution in [2.24, 2.45) is 0 Å². The van der Waals surface area contributed by atoms with Crippen molar-refractivity contribution < 1.29 is 14.7 Å². The summed E-state index contributed by atoms with van der Waals surface area (Å²) >= 11 is 0. The van der Waals surface area contributed by atoms with Crippen molar-refractivity contribution in [3.63, 3.8) is 0 Å². The van der Waals surface area contributed by atoms with Crippen molar-refractivity contribution in [2.75, 3.05) is 19.7 Å². The third kappa shape index (κ3) is 5.37. The summed E-state index contributed by atoms with van der Waals surface area (Å²) in [7, 11) is 0. The van der Waals surface area contributed by atoms with Gasteiger partial charge < -0.3 is 15.3 Å². The molecule has 0 aromatic heterocycles. The van der Waals surface area contributed by atoms with E-state index >= 15 is 0 Å². The molecule has 0 saturated carbocycles. The lowest BCUT2D eigenvalue weighted by Crippen LogP contribution is -2.46. The molecule has 0 aromatic carbocycles. The minimum Gasteiger partial charge on any atom is -0.396 e. The molecule has 0 rings (SSSR count). The predicted molar refractivity (Wildman–Crippen MR) is 57.2 cm³/mol. The van der Waals surface area contributed by atoms with Gasteiger partial charge in [0.2, 0.25) is 11.8 Å². The molecule has 1 unspecified atom stereocenters. The van der Waals surface area contributed by atoms with Crippen LogP contribution in [0.15, 0.2) is 0 Å². The SMILES string of the molecule is CCN(CCCO)C(=O)C(C)NC(C)=O. The van der Waals surface area contributed by atoms with Crippen LogP contribution in [0.2, 0.25) is 0 Å². The number of aliphatic hydroxyl groups excluding tert-OH is 1. The molecule has 0 heterocycles. The van der Waals surface area contributed by atoms with Crippen LogP contribution in [-0.4, -0.2) is 47.6 Å². The van der Waals surface area contributed by atoms with E-state index in [-0.39, 0.29) is 18.4 Å². The summed E-state index contributed by atoms with van der Waals surface area (Å²) in [5.74, 6) is -0.324. The Morgan fingerprint density at radius 1 is 1.47 bits per heavy atom. The smallest absolute Gasteiger partial charge is 0.244 e. The highest BCUT2D eigenvalue weighted by atomic mass is 16.3. The van der Waals surface area contributed by atoms with Gasteiger partial charge in [-0.25, -0.2) is 0 Å². The third-order valence-electron chi connectivity index (χ3n) is 2.07. The number of rotatable bonds is 6. The summed E-state index contributed by atoms with van der Waals surface area (Å²) in [6, 6.07) is -0.499. The van der Waals surface area contributed by atoms with Gasteiger partial charge in [-0.2, -0.15) is 0 Å². The molecule has 5 heteroatoms. The van der Waals surface area contributed by atoms with Crippen LogP contribution in [0.25, 0.3) is 0 Å². The van der Waals surface area contributed by atoms with Crippen LogP contribution in [0.3, 0.4) is 0 Å². The van der Waals surface area contributed by atoms with E-state index < -0.39 is 6.04 Å². The van der Waals surface area contributed by atoms with Gasteiger partial charge in [0.1, 0.15) is 6.04 Å². The fourth-order valence-corrected chi connectivity index (χ4v) is 1.33. The average molecular weight is 216 g/mol. The van der Waals surface area contributed by atoms with Gasteiger partial charge in [0.15, 0.2) is 0 Å². The highest BCUT2D eigenvalue weighted by Crippen LogP contribution is 1.97. The number of hydrogen-bond acceptors (Lipinski definition) is 3.